The number of hydrogen-bond acceptors (Lipinski definition) is 1. The van der Waals surface area contributed by atoms with Crippen LogP contribution >= 0.6 is 0 Å². The van der Waals surface area contributed by atoms with Crippen LogP contribution in [0.5, 0.6) is 0 Å². The lowest BCUT2D eigenvalue weighted by molar-refractivity contribution is 0.720. The Bertz CT molecular complexity index is 485. The van der Waals surface area contributed by atoms with Crippen molar-refractivity contribution in [3.05, 3.63) is 53.6 Å². The highest BCUT2D eigenvalue weighted by Crippen LogP contribution is 2.32. The minimum atomic E-state index is 0.500. The van der Waals surface area contributed by atoms with Crippen LogP contribution in [0, 0.1) is 6.92 Å². The predicted octanol–water partition coefficient (Wildman–Crippen LogP) is 2.73. The summed E-state index contributed by atoms with van der Waals surface area (Å²) in [6.45, 7) is 3.25. The summed E-state index contributed by atoms with van der Waals surface area (Å²) >= 11 is 0. The van der Waals surface area contributed by atoms with E-state index in [1.807, 2.05) is 6.20 Å². The van der Waals surface area contributed by atoms with Crippen LogP contribution in [0.1, 0.15) is 29.3 Å². The first kappa shape index (κ1) is 8.72. The van der Waals surface area contributed by atoms with Crippen molar-refractivity contribution in [3.63, 3.8) is 0 Å². The fraction of sp³-hybridized carbons (Fsp3) is 0.308. The van der Waals surface area contributed by atoms with E-state index in [-0.39, 0.29) is 0 Å². The summed E-state index contributed by atoms with van der Waals surface area (Å²) in [7, 11) is 0. The fourth-order valence-corrected chi connectivity index (χ4v) is 2.42. The van der Waals surface area contributed by atoms with Crippen molar-refractivity contribution in [2.24, 2.45) is 0 Å². The van der Waals surface area contributed by atoms with Gasteiger partial charge in [0.25, 0.3) is 0 Å². The molecule has 1 atom stereocenters. The van der Waals surface area contributed by atoms with Crippen LogP contribution in [0.15, 0.2) is 36.7 Å². The second-order valence-electron chi connectivity index (χ2n) is 4.23. The highest BCUT2D eigenvalue weighted by Gasteiger charge is 2.24. The van der Waals surface area contributed by atoms with E-state index in [4.69, 9.17) is 0 Å². The van der Waals surface area contributed by atoms with Crippen LogP contribution in [0.3, 0.4) is 0 Å². The number of rotatable bonds is 1. The normalized spacial score (nSPS) is 19.1. The molecule has 1 unspecified atom stereocenters. The number of imidazole rings is 1. The van der Waals surface area contributed by atoms with Gasteiger partial charge in [-0.2, -0.15) is 0 Å². The van der Waals surface area contributed by atoms with Gasteiger partial charge in [-0.25, -0.2) is 4.98 Å². The summed E-state index contributed by atoms with van der Waals surface area (Å²) in [6.07, 6.45) is 5.16. The van der Waals surface area contributed by atoms with Gasteiger partial charge in [-0.05, 0) is 18.9 Å². The highest BCUT2D eigenvalue weighted by molar-refractivity contribution is 5.31. The van der Waals surface area contributed by atoms with Crippen molar-refractivity contribution in [1.82, 2.24) is 9.55 Å². The van der Waals surface area contributed by atoms with Gasteiger partial charge in [0.05, 0.1) is 0 Å². The highest BCUT2D eigenvalue weighted by atomic mass is 15.1. The lowest BCUT2D eigenvalue weighted by atomic mass is 9.96. The number of aryl methyl sites for hydroxylation is 2. The molecule has 0 spiro atoms. The van der Waals surface area contributed by atoms with Crippen LogP contribution in [0.25, 0.3) is 0 Å². The van der Waals surface area contributed by atoms with Crippen molar-refractivity contribution in [2.45, 2.75) is 25.8 Å². The molecule has 2 heterocycles. The molecule has 1 aromatic carbocycles. The minimum Gasteiger partial charge on any atom is -0.334 e. The molecule has 1 aliphatic rings. The molecule has 0 saturated heterocycles. The van der Waals surface area contributed by atoms with E-state index >= 15 is 0 Å². The maximum absolute atomic E-state index is 4.45. The van der Waals surface area contributed by atoms with E-state index in [0.717, 1.165) is 6.54 Å². The molecule has 2 aromatic rings. The summed E-state index contributed by atoms with van der Waals surface area (Å²) in [5.74, 6) is 1.72. The second kappa shape index (κ2) is 3.23. The van der Waals surface area contributed by atoms with Crippen molar-refractivity contribution in [2.75, 3.05) is 0 Å². The molecule has 15 heavy (non-hydrogen) atoms. The van der Waals surface area contributed by atoms with Gasteiger partial charge >= 0.3 is 0 Å². The standard InChI is InChI=1S/C13H14N2/c1-10-3-2-4-11(9-10)12-5-7-15-8-6-14-13(12)15/h2-4,6,8-9,12H,5,7H2,1H3. The Morgan fingerprint density at radius 1 is 1.40 bits per heavy atom. The molecule has 3 rings (SSSR count). The molecule has 0 bridgehead atoms. The molecule has 2 heteroatoms. The maximum atomic E-state index is 4.45. The Hall–Kier alpha value is -1.57. The lowest BCUT2D eigenvalue weighted by Gasteiger charge is -2.09. The quantitative estimate of drug-likeness (QED) is 0.689. The average molecular weight is 198 g/mol. The van der Waals surface area contributed by atoms with Gasteiger partial charge in [-0.1, -0.05) is 29.8 Å². The van der Waals surface area contributed by atoms with Gasteiger partial charge < -0.3 is 4.57 Å². The van der Waals surface area contributed by atoms with Gasteiger partial charge in [0.2, 0.25) is 0 Å². The molecular weight excluding hydrogens is 184 g/mol. The number of nitrogens with zero attached hydrogens (tertiary/aromatic N) is 2. The largest absolute Gasteiger partial charge is 0.334 e. The van der Waals surface area contributed by atoms with Gasteiger partial charge in [0.15, 0.2) is 0 Å². The van der Waals surface area contributed by atoms with Crippen molar-refractivity contribution < 1.29 is 0 Å². The number of benzene rings is 1. The predicted molar refractivity (Wildman–Crippen MR) is 59.9 cm³/mol. The maximum Gasteiger partial charge on any atom is 0.116 e. The number of aromatic nitrogens is 2. The van der Waals surface area contributed by atoms with Crippen molar-refractivity contribution >= 4 is 0 Å². The molecule has 2 nitrogen and oxygen atoms in total. The average Bonchev–Trinajstić information content (AvgIpc) is 2.77. The summed E-state index contributed by atoms with van der Waals surface area (Å²) < 4.78 is 2.26. The molecule has 76 valence electrons. The molecule has 1 aliphatic heterocycles. The van der Waals surface area contributed by atoms with Crippen molar-refractivity contribution in [1.29, 1.82) is 0 Å². The topological polar surface area (TPSA) is 17.8 Å². The smallest absolute Gasteiger partial charge is 0.116 e. The third kappa shape index (κ3) is 1.37. The lowest BCUT2D eigenvalue weighted by Crippen LogP contribution is -1.98. The minimum absolute atomic E-state index is 0.500. The zero-order chi connectivity index (χ0) is 10.3. The zero-order valence-corrected chi connectivity index (χ0v) is 8.85. The van der Waals surface area contributed by atoms with E-state index < -0.39 is 0 Å². The van der Waals surface area contributed by atoms with Gasteiger partial charge in [-0.3, -0.25) is 0 Å². The molecule has 0 amide bonds. The first-order valence-corrected chi connectivity index (χ1v) is 5.42. The van der Waals surface area contributed by atoms with Crippen LogP contribution in [0.2, 0.25) is 0 Å². The molecule has 0 fully saturated rings. The zero-order valence-electron chi connectivity index (χ0n) is 8.85. The Kier molecular flexibility index (Phi) is 1.88. The number of fused-ring (bicyclic) bond motifs is 1. The van der Waals surface area contributed by atoms with E-state index in [1.54, 1.807) is 0 Å². The fourth-order valence-electron chi connectivity index (χ4n) is 2.42. The summed E-state index contributed by atoms with van der Waals surface area (Å²) in [4.78, 5) is 4.45. The van der Waals surface area contributed by atoms with Gasteiger partial charge in [0, 0.05) is 24.9 Å². The Morgan fingerprint density at radius 2 is 2.33 bits per heavy atom. The van der Waals surface area contributed by atoms with E-state index in [9.17, 15) is 0 Å². The molecule has 0 aliphatic carbocycles. The number of hydrogen-bond donors (Lipinski definition) is 0. The first-order valence-electron chi connectivity index (χ1n) is 5.42. The first-order chi connectivity index (χ1) is 7.34. The Labute approximate surface area is 89.6 Å². The van der Waals surface area contributed by atoms with E-state index in [1.165, 1.54) is 23.4 Å². The van der Waals surface area contributed by atoms with Crippen LogP contribution < -0.4 is 0 Å². The molecular formula is C13H14N2. The molecule has 0 saturated carbocycles. The van der Waals surface area contributed by atoms with Gasteiger partial charge in [-0.15, -0.1) is 0 Å². The third-order valence-corrected chi connectivity index (χ3v) is 3.16. The third-order valence-electron chi connectivity index (χ3n) is 3.16. The molecule has 1 aromatic heterocycles. The second-order valence-corrected chi connectivity index (χ2v) is 4.23. The summed E-state index contributed by atoms with van der Waals surface area (Å²) in [5.41, 5.74) is 2.73. The summed E-state index contributed by atoms with van der Waals surface area (Å²) in [6, 6.07) is 8.76. The van der Waals surface area contributed by atoms with Crippen molar-refractivity contribution in [3.8, 4) is 0 Å². The van der Waals surface area contributed by atoms with Crippen LogP contribution in [-0.2, 0) is 6.54 Å². The monoisotopic (exact) mass is 198 g/mol. The SMILES string of the molecule is Cc1cccc(C2CCn3ccnc32)c1. The van der Waals surface area contributed by atoms with E-state index in [2.05, 4.69) is 46.9 Å². The Morgan fingerprint density at radius 3 is 3.20 bits per heavy atom. The van der Waals surface area contributed by atoms with Crippen LogP contribution in [0.4, 0.5) is 0 Å². The molecule has 0 radical (unpaired) electrons. The van der Waals surface area contributed by atoms with Gasteiger partial charge in [0.1, 0.15) is 5.82 Å². The summed E-state index contributed by atoms with van der Waals surface area (Å²) in [5, 5.41) is 0. The Balaban J connectivity index is 2.03. The van der Waals surface area contributed by atoms with Crippen LogP contribution in [-0.4, -0.2) is 9.55 Å². The molecule has 0 N–H and O–H groups in total. The van der Waals surface area contributed by atoms with E-state index in [0.29, 0.717) is 5.92 Å².